The largest absolute Gasteiger partial charge is 0.348 e. The summed E-state index contributed by atoms with van der Waals surface area (Å²) < 4.78 is 0. The van der Waals surface area contributed by atoms with E-state index in [0.29, 0.717) is 5.13 Å². The van der Waals surface area contributed by atoms with Crippen LogP contribution in [0.4, 0.5) is 5.13 Å². The van der Waals surface area contributed by atoms with Crippen molar-refractivity contribution in [2.45, 2.75) is 33.1 Å². The molecule has 2 N–H and O–H groups in total. The molecule has 0 spiro atoms. The maximum Gasteiger partial charge on any atom is 0.229 e. The van der Waals surface area contributed by atoms with Gasteiger partial charge in [-0.05, 0) is 26.7 Å². The van der Waals surface area contributed by atoms with Gasteiger partial charge in [0, 0.05) is 22.9 Å². The first kappa shape index (κ1) is 12.3. The molecule has 1 unspecified atom stereocenters. The third-order valence-electron chi connectivity index (χ3n) is 3.62. The zero-order chi connectivity index (χ0) is 13.4. The fourth-order valence-electron chi connectivity index (χ4n) is 2.36. The minimum atomic E-state index is 0.0115. The van der Waals surface area contributed by atoms with Crippen LogP contribution in [0.5, 0.6) is 0 Å². The highest BCUT2D eigenvalue weighted by Crippen LogP contribution is 2.26. The van der Waals surface area contributed by atoms with Crippen LogP contribution < -0.4 is 5.32 Å². The zero-order valence-corrected chi connectivity index (χ0v) is 11.8. The predicted molar refractivity (Wildman–Crippen MR) is 74.3 cm³/mol. The van der Waals surface area contributed by atoms with E-state index in [1.165, 1.54) is 11.3 Å². The smallest absolute Gasteiger partial charge is 0.229 e. The van der Waals surface area contributed by atoms with Gasteiger partial charge in [0.05, 0.1) is 17.7 Å². The van der Waals surface area contributed by atoms with E-state index in [1.807, 2.05) is 13.8 Å². The molecule has 6 heteroatoms. The highest BCUT2D eigenvalue weighted by molar-refractivity contribution is 7.15. The average molecular weight is 276 g/mol. The Morgan fingerprint density at radius 2 is 2.37 bits per heavy atom. The highest BCUT2D eigenvalue weighted by Gasteiger charge is 2.26. The molecule has 5 nitrogen and oxygen atoms in total. The summed E-state index contributed by atoms with van der Waals surface area (Å²) in [5, 5.41) is 3.63. The van der Waals surface area contributed by atoms with Crippen LogP contribution >= 0.6 is 11.3 Å². The molecule has 1 atom stereocenters. The Morgan fingerprint density at radius 3 is 3.11 bits per heavy atom. The summed E-state index contributed by atoms with van der Waals surface area (Å²) in [5.41, 5.74) is 3.18. The van der Waals surface area contributed by atoms with E-state index >= 15 is 0 Å². The van der Waals surface area contributed by atoms with Crippen molar-refractivity contribution in [2.75, 3.05) is 5.32 Å². The number of aromatic amines is 1. The van der Waals surface area contributed by atoms with E-state index in [-0.39, 0.29) is 11.8 Å². The normalized spacial score (nSPS) is 18.1. The molecule has 1 aliphatic carbocycles. The van der Waals surface area contributed by atoms with E-state index in [1.54, 1.807) is 6.33 Å². The van der Waals surface area contributed by atoms with Gasteiger partial charge in [-0.2, -0.15) is 0 Å². The quantitative estimate of drug-likeness (QED) is 0.883. The number of hydrogen-bond acceptors (Lipinski definition) is 4. The van der Waals surface area contributed by atoms with Crippen LogP contribution in [0.2, 0.25) is 0 Å². The Hall–Kier alpha value is -1.69. The number of thiazole rings is 1. The Kier molecular flexibility index (Phi) is 3.10. The number of aromatic nitrogens is 3. The minimum Gasteiger partial charge on any atom is -0.348 e. The second-order valence-electron chi connectivity index (χ2n) is 4.92. The number of nitrogens with zero attached hydrogens (tertiary/aromatic N) is 2. The zero-order valence-electron chi connectivity index (χ0n) is 11.0. The Bertz CT molecular complexity index is 596. The average Bonchev–Trinajstić information content (AvgIpc) is 2.96. The predicted octanol–water partition coefficient (Wildman–Crippen LogP) is 2.23. The SMILES string of the molecule is Cc1nc(NC(=O)C2CCc3nc[nH]c3C2)sc1C. The first-order chi connectivity index (χ1) is 9.13. The number of rotatable bonds is 2. The summed E-state index contributed by atoms with van der Waals surface area (Å²) in [4.78, 5) is 25.1. The molecular weight excluding hydrogens is 260 g/mol. The summed E-state index contributed by atoms with van der Waals surface area (Å²) in [7, 11) is 0. The molecule has 0 saturated heterocycles. The van der Waals surface area contributed by atoms with E-state index < -0.39 is 0 Å². The lowest BCUT2D eigenvalue weighted by Gasteiger charge is -2.19. The Labute approximate surface area is 115 Å². The standard InChI is InChI=1S/C13H16N4OS/c1-7-8(2)19-13(16-7)17-12(18)9-3-4-10-11(5-9)15-6-14-10/h6,9H,3-5H2,1-2H3,(H,14,15)(H,16,17,18). The third-order valence-corrected chi connectivity index (χ3v) is 4.61. The number of hydrogen-bond donors (Lipinski definition) is 2. The van der Waals surface area contributed by atoms with Crippen molar-refractivity contribution in [3.8, 4) is 0 Å². The van der Waals surface area contributed by atoms with Crippen molar-refractivity contribution >= 4 is 22.4 Å². The van der Waals surface area contributed by atoms with Crippen LogP contribution in [0.3, 0.4) is 0 Å². The summed E-state index contributed by atoms with van der Waals surface area (Å²) >= 11 is 1.53. The lowest BCUT2D eigenvalue weighted by atomic mass is 9.89. The molecule has 2 heterocycles. The van der Waals surface area contributed by atoms with Crippen LogP contribution in [0.25, 0.3) is 0 Å². The summed E-state index contributed by atoms with van der Waals surface area (Å²) in [6.45, 7) is 3.97. The van der Waals surface area contributed by atoms with Gasteiger partial charge in [-0.1, -0.05) is 0 Å². The Morgan fingerprint density at radius 1 is 1.53 bits per heavy atom. The topological polar surface area (TPSA) is 70.7 Å². The maximum absolute atomic E-state index is 12.2. The van der Waals surface area contributed by atoms with Crippen LogP contribution in [-0.4, -0.2) is 20.9 Å². The van der Waals surface area contributed by atoms with Crippen LogP contribution in [-0.2, 0) is 17.6 Å². The molecule has 0 saturated carbocycles. The fourth-order valence-corrected chi connectivity index (χ4v) is 3.18. The summed E-state index contributed by atoms with van der Waals surface area (Å²) in [5.74, 6) is 0.0754. The van der Waals surface area contributed by atoms with Crippen molar-refractivity contribution in [1.29, 1.82) is 0 Å². The Balaban J connectivity index is 1.68. The van der Waals surface area contributed by atoms with Gasteiger partial charge < -0.3 is 10.3 Å². The van der Waals surface area contributed by atoms with E-state index in [4.69, 9.17) is 0 Å². The first-order valence-corrected chi connectivity index (χ1v) is 7.21. The molecule has 100 valence electrons. The molecule has 3 rings (SSSR count). The number of H-pyrrole nitrogens is 1. The van der Waals surface area contributed by atoms with E-state index in [0.717, 1.165) is 41.2 Å². The monoisotopic (exact) mass is 276 g/mol. The van der Waals surface area contributed by atoms with Crippen molar-refractivity contribution in [1.82, 2.24) is 15.0 Å². The maximum atomic E-state index is 12.2. The summed E-state index contributed by atoms with van der Waals surface area (Å²) in [6.07, 6.45) is 4.17. The number of aryl methyl sites for hydroxylation is 3. The molecule has 1 amide bonds. The van der Waals surface area contributed by atoms with Gasteiger partial charge in [0.1, 0.15) is 0 Å². The van der Waals surface area contributed by atoms with Crippen LogP contribution in [0, 0.1) is 19.8 Å². The number of amides is 1. The lowest BCUT2D eigenvalue weighted by molar-refractivity contribution is -0.120. The minimum absolute atomic E-state index is 0.0115. The van der Waals surface area contributed by atoms with Crippen molar-refractivity contribution in [2.24, 2.45) is 5.92 Å². The summed E-state index contributed by atoms with van der Waals surface area (Å²) in [6, 6.07) is 0. The van der Waals surface area contributed by atoms with Gasteiger partial charge in [-0.3, -0.25) is 4.79 Å². The van der Waals surface area contributed by atoms with E-state index in [2.05, 4.69) is 20.3 Å². The highest BCUT2D eigenvalue weighted by atomic mass is 32.1. The second-order valence-corrected chi connectivity index (χ2v) is 6.12. The number of carbonyl (C=O) groups excluding carboxylic acids is 1. The molecular formula is C13H16N4OS. The molecule has 0 aliphatic heterocycles. The van der Waals surface area contributed by atoms with Crippen LogP contribution in [0.1, 0.15) is 28.4 Å². The molecule has 2 aromatic heterocycles. The van der Waals surface area contributed by atoms with Gasteiger partial charge in [0.25, 0.3) is 0 Å². The van der Waals surface area contributed by atoms with Crippen LogP contribution in [0.15, 0.2) is 6.33 Å². The molecule has 0 aromatic carbocycles. The van der Waals surface area contributed by atoms with Crippen molar-refractivity contribution < 1.29 is 4.79 Å². The molecule has 1 aliphatic rings. The van der Waals surface area contributed by atoms with Crippen molar-refractivity contribution in [3.63, 3.8) is 0 Å². The van der Waals surface area contributed by atoms with Gasteiger partial charge in [0.2, 0.25) is 5.91 Å². The first-order valence-electron chi connectivity index (χ1n) is 6.39. The molecule has 2 aromatic rings. The lowest BCUT2D eigenvalue weighted by Crippen LogP contribution is -2.28. The number of fused-ring (bicyclic) bond motifs is 1. The molecule has 0 bridgehead atoms. The second kappa shape index (κ2) is 4.77. The number of anilines is 1. The third kappa shape index (κ3) is 2.40. The van der Waals surface area contributed by atoms with Gasteiger partial charge >= 0.3 is 0 Å². The van der Waals surface area contributed by atoms with E-state index in [9.17, 15) is 4.79 Å². The molecule has 0 fully saturated rings. The van der Waals surface area contributed by atoms with Gasteiger partial charge in [-0.15, -0.1) is 11.3 Å². The molecule has 19 heavy (non-hydrogen) atoms. The number of imidazole rings is 1. The fraction of sp³-hybridized carbons (Fsp3) is 0.462. The van der Waals surface area contributed by atoms with Gasteiger partial charge in [0.15, 0.2) is 5.13 Å². The number of carbonyl (C=O) groups is 1. The van der Waals surface area contributed by atoms with Crippen molar-refractivity contribution in [3.05, 3.63) is 28.3 Å². The molecule has 0 radical (unpaired) electrons. The van der Waals surface area contributed by atoms with Gasteiger partial charge in [-0.25, -0.2) is 9.97 Å². The number of nitrogens with one attached hydrogen (secondary N) is 2.